The van der Waals surface area contributed by atoms with E-state index in [4.69, 9.17) is 4.52 Å². The minimum Gasteiger partial charge on any atom is -0.360 e. The number of sulfonamides is 1. The van der Waals surface area contributed by atoms with Crippen LogP contribution in [0.3, 0.4) is 0 Å². The monoisotopic (exact) mass is 395 g/mol. The molecule has 150 valence electrons. The van der Waals surface area contributed by atoms with Crippen LogP contribution in [0, 0.1) is 13.8 Å². The van der Waals surface area contributed by atoms with Crippen LogP contribution >= 0.6 is 0 Å². The smallest absolute Gasteiger partial charge is 0.249 e. The van der Waals surface area contributed by atoms with Gasteiger partial charge in [0.25, 0.3) is 0 Å². The normalized spacial score (nSPS) is 24.8. The van der Waals surface area contributed by atoms with Gasteiger partial charge in [-0.1, -0.05) is 37.3 Å². The van der Waals surface area contributed by atoms with Crippen LogP contribution < -0.4 is 0 Å². The number of hydrogen-bond acceptors (Lipinski definition) is 5. The molecule has 4 rings (SSSR count). The predicted octanol–water partition coefficient (Wildman–Crippen LogP) is 2.77. The molecule has 0 N–H and O–H groups in total. The summed E-state index contributed by atoms with van der Waals surface area (Å²) in [5, 5.41) is 3.80. The van der Waals surface area contributed by atoms with E-state index >= 15 is 0 Å². The summed E-state index contributed by atoms with van der Waals surface area (Å²) >= 11 is 0. The Morgan fingerprint density at radius 2 is 1.74 bits per heavy atom. The molecule has 1 aliphatic heterocycles. The van der Waals surface area contributed by atoms with Crippen LogP contribution in [0.5, 0.6) is 0 Å². The Morgan fingerprint density at radius 1 is 1.07 bits per heavy atom. The lowest BCUT2D eigenvalue weighted by molar-refractivity contribution is -0.150. The molecule has 3 fully saturated rings. The molecule has 0 bridgehead atoms. The molecule has 0 aromatic carbocycles. The van der Waals surface area contributed by atoms with Gasteiger partial charge in [-0.15, -0.1) is 0 Å². The van der Waals surface area contributed by atoms with E-state index in [1.807, 2.05) is 0 Å². The van der Waals surface area contributed by atoms with Gasteiger partial charge in [0.05, 0.1) is 12.1 Å². The standard InChI is InChI=1S/C19H29N3O4S/c1-14-18(15(2)26-20-14)27(24,25)21-12-17(23)22(16-8-4-5-9-16)19(13-21)10-6-3-7-11-19/h16H,3-13H2,1-2H3. The van der Waals surface area contributed by atoms with Crippen molar-refractivity contribution >= 4 is 15.9 Å². The number of nitrogens with zero attached hydrogens (tertiary/aromatic N) is 3. The Balaban J connectivity index is 1.70. The Bertz CT molecular complexity index is 801. The van der Waals surface area contributed by atoms with E-state index in [0.29, 0.717) is 12.2 Å². The van der Waals surface area contributed by atoms with Crippen molar-refractivity contribution in [1.82, 2.24) is 14.4 Å². The molecule has 8 heteroatoms. The van der Waals surface area contributed by atoms with E-state index in [9.17, 15) is 13.2 Å². The molecular weight excluding hydrogens is 366 g/mol. The van der Waals surface area contributed by atoms with E-state index in [2.05, 4.69) is 10.1 Å². The molecule has 27 heavy (non-hydrogen) atoms. The van der Waals surface area contributed by atoms with Crippen LogP contribution in [0.1, 0.15) is 69.2 Å². The molecule has 1 saturated heterocycles. The fourth-order valence-corrected chi connectivity index (χ4v) is 7.22. The summed E-state index contributed by atoms with van der Waals surface area (Å²) in [6.45, 7) is 3.56. The molecule has 1 aromatic rings. The summed E-state index contributed by atoms with van der Waals surface area (Å²) in [5.74, 6) is 0.251. The second kappa shape index (κ2) is 6.88. The lowest BCUT2D eigenvalue weighted by Crippen LogP contribution is -2.68. The number of rotatable bonds is 3. The van der Waals surface area contributed by atoms with E-state index in [-0.39, 0.29) is 34.7 Å². The van der Waals surface area contributed by atoms with Gasteiger partial charge >= 0.3 is 0 Å². The first-order chi connectivity index (χ1) is 12.8. The number of carbonyl (C=O) groups is 1. The first-order valence-corrected chi connectivity index (χ1v) is 11.5. The highest BCUT2D eigenvalue weighted by atomic mass is 32.2. The first kappa shape index (κ1) is 18.9. The predicted molar refractivity (Wildman–Crippen MR) is 99.7 cm³/mol. The van der Waals surface area contributed by atoms with Crippen molar-refractivity contribution in [3.05, 3.63) is 11.5 Å². The van der Waals surface area contributed by atoms with E-state index in [0.717, 1.165) is 57.8 Å². The molecular formula is C19H29N3O4S. The zero-order valence-electron chi connectivity index (χ0n) is 16.2. The molecule has 0 atom stereocenters. The second-order valence-electron chi connectivity index (χ2n) is 8.41. The molecule has 0 radical (unpaired) electrons. The lowest BCUT2D eigenvalue weighted by Gasteiger charge is -2.54. The van der Waals surface area contributed by atoms with E-state index < -0.39 is 10.0 Å². The number of amides is 1. The molecule has 2 aliphatic carbocycles. The molecule has 3 aliphatic rings. The van der Waals surface area contributed by atoms with Gasteiger partial charge in [-0.05, 0) is 39.5 Å². The SMILES string of the molecule is Cc1noc(C)c1S(=O)(=O)N1CC(=O)N(C2CCCC2)C2(CCCCC2)C1. The van der Waals surface area contributed by atoms with Gasteiger partial charge in [0.15, 0.2) is 5.76 Å². The van der Waals surface area contributed by atoms with Crippen molar-refractivity contribution < 1.29 is 17.7 Å². The fourth-order valence-electron chi connectivity index (χ4n) is 5.46. The highest BCUT2D eigenvalue weighted by Gasteiger charge is 2.51. The van der Waals surface area contributed by atoms with Crippen LogP contribution in [0.2, 0.25) is 0 Å². The van der Waals surface area contributed by atoms with Crippen molar-refractivity contribution in [3.63, 3.8) is 0 Å². The van der Waals surface area contributed by atoms with Gasteiger partial charge in [-0.25, -0.2) is 8.42 Å². The molecule has 1 amide bonds. The fraction of sp³-hybridized carbons (Fsp3) is 0.789. The molecule has 2 heterocycles. The summed E-state index contributed by atoms with van der Waals surface area (Å²) in [4.78, 5) is 15.5. The number of aryl methyl sites for hydroxylation is 2. The quantitative estimate of drug-likeness (QED) is 0.786. The summed E-state index contributed by atoms with van der Waals surface area (Å²) in [7, 11) is -3.81. The average Bonchev–Trinajstić information content (AvgIpc) is 3.25. The third-order valence-electron chi connectivity index (χ3n) is 6.60. The lowest BCUT2D eigenvalue weighted by atomic mass is 9.78. The summed E-state index contributed by atoms with van der Waals surface area (Å²) in [6.07, 6.45) is 9.45. The zero-order valence-corrected chi connectivity index (χ0v) is 17.1. The number of carbonyl (C=O) groups excluding carboxylic acids is 1. The van der Waals surface area contributed by atoms with Gasteiger partial charge in [-0.3, -0.25) is 4.79 Å². The Morgan fingerprint density at radius 3 is 2.33 bits per heavy atom. The summed E-state index contributed by atoms with van der Waals surface area (Å²) in [6, 6.07) is 0.277. The largest absolute Gasteiger partial charge is 0.360 e. The van der Waals surface area contributed by atoms with Crippen LogP contribution in [0.15, 0.2) is 9.42 Å². The van der Waals surface area contributed by atoms with Gasteiger partial charge < -0.3 is 9.42 Å². The van der Waals surface area contributed by atoms with Gasteiger partial charge in [-0.2, -0.15) is 4.31 Å². The van der Waals surface area contributed by atoms with Crippen molar-refractivity contribution in [1.29, 1.82) is 0 Å². The van der Waals surface area contributed by atoms with Gasteiger partial charge in [0.2, 0.25) is 15.9 Å². The third kappa shape index (κ3) is 3.10. The molecule has 0 unspecified atom stereocenters. The van der Waals surface area contributed by atoms with Crippen LogP contribution in [0.25, 0.3) is 0 Å². The molecule has 1 spiro atoms. The van der Waals surface area contributed by atoms with Crippen molar-refractivity contribution in [3.8, 4) is 0 Å². The maximum absolute atomic E-state index is 13.3. The molecule has 2 saturated carbocycles. The summed E-state index contributed by atoms with van der Waals surface area (Å²) in [5.41, 5.74) is 0.00474. The average molecular weight is 396 g/mol. The van der Waals surface area contributed by atoms with Crippen molar-refractivity contribution in [2.45, 2.75) is 88.1 Å². The highest BCUT2D eigenvalue weighted by Crippen LogP contribution is 2.42. The van der Waals surface area contributed by atoms with E-state index in [1.165, 1.54) is 4.31 Å². The number of piperazine rings is 1. The van der Waals surface area contributed by atoms with Gasteiger partial charge in [0.1, 0.15) is 10.6 Å². The van der Waals surface area contributed by atoms with Crippen molar-refractivity contribution in [2.75, 3.05) is 13.1 Å². The minimum absolute atomic E-state index is 0.0367. The Hall–Kier alpha value is -1.41. The van der Waals surface area contributed by atoms with Crippen LogP contribution in [-0.4, -0.2) is 53.4 Å². The minimum atomic E-state index is -3.81. The second-order valence-corrected chi connectivity index (χ2v) is 10.3. The van der Waals surface area contributed by atoms with E-state index in [1.54, 1.807) is 13.8 Å². The zero-order chi connectivity index (χ0) is 19.2. The third-order valence-corrected chi connectivity index (χ3v) is 8.64. The van der Waals surface area contributed by atoms with Crippen LogP contribution in [-0.2, 0) is 14.8 Å². The van der Waals surface area contributed by atoms with Crippen LogP contribution in [0.4, 0.5) is 0 Å². The molecule has 7 nitrogen and oxygen atoms in total. The van der Waals surface area contributed by atoms with Gasteiger partial charge in [0, 0.05) is 12.6 Å². The first-order valence-electron chi connectivity index (χ1n) is 10.1. The Labute approximate surface area is 161 Å². The maximum atomic E-state index is 13.3. The maximum Gasteiger partial charge on any atom is 0.249 e. The summed E-state index contributed by atoms with van der Waals surface area (Å²) < 4.78 is 33.2. The number of aromatic nitrogens is 1. The Kier molecular flexibility index (Phi) is 4.83. The molecule has 1 aromatic heterocycles. The highest BCUT2D eigenvalue weighted by molar-refractivity contribution is 7.89. The number of hydrogen-bond donors (Lipinski definition) is 0. The van der Waals surface area contributed by atoms with Crippen molar-refractivity contribution in [2.24, 2.45) is 0 Å². The topological polar surface area (TPSA) is 83.7 Å².